The van der Waals surface area contributed by atoms with Gasteiger partial charge in [0.25, 0.3) is 10.0 Å². The van der Waals surface area contributed by atoms with Gasteiger partial charge in [0, 0.05) is 18.1 Å². The Balaban J connectivity index is 1.75. The fourth-order valence-electron chi connectivity index (χ4n) is 3.03. The van der Waals surface area contributed by atoms with E-state index in [0.29, 0.717) is 27.6 Å². The van der Waals surface area contributed by atoms with Crippen LogP contribution in [0.15, 0.2) is 74.8 Å². The summed E-state index contributed by atoms with van der Waals surface area (Å²) in [6.07, 6.45) is 0. The van der Waals surface area contributed by atoms with Crippen LogP contribution < -0.4 is 15.2 Å². The summed E-state index contributed by atoms with van der Waals surface area (Å²) in [6.45, 7) is 1.64. The number of ether oxygens (including phenoxy) is 1. The maximum Gasteiger partial charge on any atom is 0.419 e. The summed E-state index contributed by atoms with van der Waals surface area (Å²) in [5.74, 6) is 0.267. The molecular weight excluding hydrogens is 428 g/mol. The minimum absolute atomic E-state index is 0.0185. The van der Waals surface area contributed by atoms with E-state index in [0.717, 1.165) is 0 Å². The molecule has 3 aromatic carbocycles. The Hall–Kier alpha value is -3.23. The number of aryl methyl sites for hydroxylation is 2. The Morgan fingerprint density at radius 2 is 1.80 bits per heavy atom. The lowest BCUT2D eigenvalue weighted by atomic mass is 10.2. The van der Waals surface area contributed by atoms with Crippen molar-refractivity contribution in [1.82, 2.24) is 4.57 Å². The maximum atomic E-state index is 13.1. The first-order valence-electron chi connectivity index (χ1n) is 8.90. The number of para-hydroxylation sites is 1. The van der Waals surface area contributed by atoms with Gasteiger partial charge >= 0.3 is 5.76 Å². The number of nitrogens with one attached hydrogen (secondary N) is 1. The molecule has 1 N–H and O–H groups in total. The quantitative estimate of drug-likeness (QED) is 0.482. The first kappa shape index (κ1) is 20.1. The number of sulfonamides is 1. The summed E-state index contributed by atoms with van der Waals surface area (Å²) in [5, 5.41) is 0.342. The van der Waals surface area contributed by atoms with Crippen LogP contribution in [0.2, 0.25) is 5.02 Å². The molecule has 1 heterocycles. The zero-order chi connectivity index (χ0) is 21.5. The molecule has 0 unspecified atom stereocenters. The third-order valence-corrected chi connectivity index (χ3v) is 6.28. The highest BCUT2D eigenvalue weighted by molar-refractivity contribution is 7.92. The number of aromatic nitrogens is 1. The molecule has 0 radical (unpaired) electrons. The number of benzene rings is 3. The van der Waals surface area contributed by atoms with Gasteiger partial charge in [-0.05, 0) is 48.9 Å². The number of halogens is 1. The van der Waals surface area contributed by atoms with Crippen molar-refractivity contribution in [2.45, 2.75) is 11.8 Å². The van der Waals surface area contributed by atoms with Crippen LogP contribution in [0.5, 0.6) is 11.5 Å². The summed E-state index contributed by atoms with van der Waals surface area (Å²) >= 11 is 6.08. The molecule has 1 aromatic heterocycles. The smallest absolute Gasteiger partial charge is 0.419 e. The fraction of sp³-hybridized carbons (Fsp3) is 0.0952. The molecule has 0 saturated carbocycles. The van der Waals surface area contributed by atoms with Gasteiger partial charge in [0.05, 0.1) is 16.1 Å². The van der Waals surface area contributed by atoms with Crippen LogP contribution in [-0.4, -0.2) is 13.0 Å². The fourth-order valence-corrected chi connectivity index (χ4v) is 4.51. The Morgan fingerprint density at radius 1 is 1.07 bits per heavy atom. The van der Waals surface area contributed by atoms with Gasteiger partial charge in [-0.3, -0.25) is 9.29 Å². The highest BCUT2D eigenvalue weighted by Crippen LogP contribution is 2.34. The molecule has 4 aromatic rings. The second-order valence-corrected chi connectivity index (χ2v) is 8.76. The monoisotopic (exact) mass is 444 g/mol. The van der Waals surface area contributed by atoms with E-state index in [-0.39, 0.29) is 16.2 Å². The maximum absolute atomic E-state index is 13.1. The predicted octanol–water partition coefficient (Wildman–Crippen LogP) is 4.69. The van der Waals surface area contributed by atoms with E-state index in [9.17, 15) is 13.2 Å². The lowest BCUT2D eigenvalue weighted by molar-refractivity contribution is 0.485. The molecule has 0 bridgehead atoms. The van der Waals surface area contributed by atoms with Crippen molar-refractivity contribution in [2.75, 3.05) is 4.72 Å². The molecule has 0 atom stereocenters. The molecule has 0 aliphatic carbocycles. The summed E-state index contributed by atoms with van der Waals surface area (Å²) < 4.78 is 41.1. The number of fused-ring (bicyclic) bond motifs is 1. The van der Waals surface area contributed by atoms with Crippen molar-refractivity contribution < 1.29 is 17.6 Å². The van der Waals surface area contributed by atoms with Crippen LogP contribution in [0, 0.1) is 6.92 Å². The van der Waals surface area contributed by atoms with Crippen LogP contribution in [0.3, 0.4) is 0 Å². The summed E-state index contributed by atoms with van der Waals surface area (Å²) in [6, 6.07) is 16.5. The highest BCUT2D eigenvalue weighted by atomic mass is 35.5. The minimum atomic E-state index is -4.03. The number of anilines is 1. The third kappa shape index (κ3) is 3.79. The van der Waals surface area contributed by atoms with Gasteiger partial charge < -0.3 is 9.15 Å². The normalized spacial score (nSPS) is 11.6. The Morgan fingerprint density at radius 3 is 2.53 bits per heavy atom. The highest BCUT2D eigenvalue weighted by Gasteiger charge is 2.22. The van der Waals surface area contributed by atoms with Crippen molar-refractivity contribution >= 4 is 38.4 Å². The predicted molar refractivity (Wildman–Crippen MR) is 115 cm³/mol. The average molecular weight is 445 g/mol. The standard InChI is InChI=1S/C21H17ClN2O5S/c1-13-10-17-19(29-21(25)24(17)2)12-20(13)30(26,27)23-16-11-14(22)8-9-18(16)28-15-6-4-3-5-7-15/h3-12,23H,1-2H3. The molecule has 30 heavy (non-hydrogen) atoms. The van der Waals surface area contributed by atoms with Crippen molar-refractivity contribution in [3.63, 3.8) is 0 Å². The number of oxazole rings is 1. The van der Waals surface area contributed by atoms with Crippen LogP contribution in [-0.2, 0) is 17.1 Å². The van der Waals surface area contributed by atoms with Gasteiger partial charge in [-0.15, -0.1) is 0 Å². The molecule has 0 amide bonds. The molecule has 0 fully saturated rings. The van der Waals surface area contributed by atoms with E-state index in [1.807, 2.05) is 6.07 Å². The van der Waals surface area contributed by atoms with Crippen molar-refractivity contribution in [1.29, 1.82) is 0 Å². The molecule has 9 heteroatoms. The number of nitrogens with zero attached hydrogens (tertiary/aromatic N) is 1. The molecule has 154 valence electrons. The van der Waals surface area contributed by atoms with Crippen LogP contribution in [0.25, 0.3) is 11.1 Å². The molecule has 0 spiro atoms. The van der Waals surface area contributed by atoms with Crippen molar-refractivity contribution in [3.8, 4) is 11.5 Å². The molecule has 0 aliphatic heterocycles. The summed E-state index contributed by atoms with van der Waals surface area (Å²) in [7, 11) is -2.48. The lowest BCUT2D eigenvalue weighted by Gasteiger charge is -2.15. The van der Waals surface area contributed by atoms with Gasteiger partial charge in [0.2, 0.25) is 0 Å². The minimum Gasteiger partial charge on any atom is -0.455 e. The summed E-state index contributed by atoms with van der Waals surface area (Å²) in [4.78, 5) is 11.7. The van der Waals surface area contributed by atoms with E-state index >= 15 is 0 Å². The zero-order valence-electron chi connectivity index (χ0n) is 16.0. The lowest BCUT2D eigenvalue weighted by Crippen LogP contribution is -2.15. The summed E-state index contributed by atoms with van der Waals surface area (Å²) in [5.41, 5.74) is 1.33. The molecular formula is C21H17ClN2O5S. The van der Waals surface area contributed by atoms with Gasteiger partial charge in [-0.2, -0.15) is 0 Å². The largest absolute Gasteiger partial charge is 0.455 e. The van der Waals surface area contributed by atoms with E-state index in [2.05, 4.69) is 4.72 Å². The zero-order valence-corrected chi connectivity index (χ0v) is 17.6. The van der Waals surface area contributed by atoms with Crippen LogP contribution in [0.4, 0.5) is 5.69 Å². The Kier molecular flexibility index (Phi) is 5.05. The topological polar surface area (TPSA) is 90.5 Å². The molecule has 4 rings (SSSR count). The van der Waals surface area contributed by atoms with Gasteiger partial charge in [-0.25, -0.2) is 13.2 Å². The van der Waals surface area contributed by atoms with Gasteiger partial charge in [0.15, 0.2) is 11.3 Å². The van der Waals surface area contributed by atoms with Crippen LogP contribution >= 0.6 is 11.6 Å². The Bertz CT molecular complexity index is 1410. The van der Waals surface area contributed by atoms with Gasteiger partial charge in [-0.1, -0.05) is 29.8 Å². The van der Waals surface area contributed by atoms with E-state index in [1.54, 1.807) is 56.4 Å². The van der Waals surface area contributed by atoms with E-state index in [1.165, 1.54) is 16.7 Å². The number of rotatable bonds is 5. The van der Waals surface area contributed by atoms with E-state index < -0.39 is 15.8 Å². The number of hydrogen-bond acceptors (Lipinski definition) is 5. The first-order valence-corrected chi connectivity index (χ1v) is 10.8. The number of hydrogen-bond donors (Lipinski definition) is 1. The van der Waals surface area contributed by atoms with E-state index in [4.69, 9.17) is 20.8 Å². The second kappa shape index (κ2) is 7.55. The van der Waals surface area contributed by atoms with Crippen LogP contribution in [0.1, 0.15) is 5.56 Å². The second-order valence-electron chi connectivity index (χ2n) is 6.67. The van der Waals surface area contributed by atoms with Crippen molar-refractivity contribution in [3.05, 3.63) is 81.8 Å². The SMILES string of the molecule is Cc1cc2c(cc1S(=O)(=O)Nc1cc(Cl)ccc1Oc1ccccc1)oc(=O)n2C. The average Bonchev–Trinajstić information content (AvgIpc) is 2.97. The molecule has 0 aliphatic rings. The first-order chi connectivity index (χ1) is 14.2. The third-order valence-electron chi connectivity index (χ3n) is 4.54. The van der Waals surface area contributed by atoms with Gasteiger partial charge in [0.1, 0.15) is 5.75 Å². The van der Waals surface area contributed by atoms with Crippen molar-refractivity contribution in [2.24, 2.45) is 7.05 Å². The Labute approximate surface area is 177 Å². The molecule has 7 nitrogen and oxygen atoms in total. The molecule has 0 saturated heterocycles.